The lowest BCUT2D eigenvalue weighted by Gasteiger charge is -2.08. The van der Waals surface area contributed by atoms with Crippen LogP contribution in [0.25, 0.3) is 0 Å². The lowest BCUT2D eigenvalue weighted by Crippen LogP contribution is -2.14. The summed E-state index contributed by atoms with van der Waals surface area (Å²) in [6, 6.07) is 19.0. The largest absolute Gasteiger partial charge is 0.494 e. The van der Waals surface area contributed by atoms with Crippen LogP contribution < -0.4 is 10.1 Å². The maximum Gasteiger partial charge on any atom is 0.119 e. The summed E-state index contributed by atoms with van der Waals surface area (Å²) in [4.78, 5) is 0. The first-order valence-corrected chi connectivity index (χ1v) is 7.85. The van der Waals surface area contributed by atoms with Gasteiger partial charge in [0.05, 0.1) is 6.61 Å². The van der Waals surface area contributed by atoms with Crippen molar-refractivity contribution >= 4 is 0 Å². The summed E-state index contributed by atoms with van der Waals surface area (Å²) in [5.74, 6) is 0.968. The van der Waals surface area contributed by atoms with Crippen molar-refractivity contribution in [1.82, 2.24) is 5.32 Å². The van der Waals surface area contributed by atoms with Gasteiger partial charge in [-0.1, -0.05) is 49.4 Å². The second-order valence-corrected chi connectivity index (χ2v) is 5.22. The Morgan fingerprint density at radius 3 is 2.29 bits per heavy atom. The predicted octanol–water partition coefficient (Wildman–Crippen LogP) is 4.05. The molecule has 112 valence electrons. The van der Waals surface area contributed by atoms with Gasteiger partial charge in [-0.2, -0.15) is 0 Å². The summed E-state index contributed by atoms with van der Waals surface area (Å²) in [7, 11) is 0. The highest BCUT2D eigenvalue weighted by molar-refractivity contribution is 5.31. The van der Waals surface area contributed by atoms with Crippen molar-refractivity contribution < 1.29 is 4.74 Å². The second kappa shape index (κ2) is 9.19. The van der Waals surface area contributed by atoms with Crippen LogP contribution in [0.1, 0.15) is 30.9 Å². The number of nitrogens with one attached hydrogen (secondary N) is 1. The van der Waals surface area contributed by atoms with Gasteiger partial charge < -0.3 is 10.1 Å². The van der Waals surface area contributed by atoms with Gasteiger partial charge in [-0.05, 0) is 55.6 Å². The van der Waals surface area contributed by atoms with Gasteiger partial charge in [-0.15, -0.1) is 0 Å². The van der Waals surface area contributed by atoms with Gasteiger partial charge in [0.1, 0.15) is 5.75 Å². The van der Waals surface area contributed by atoms with Crippen LogP contribution in [-0.2, 0) is 6.42 Å². The molecule has 0 aliphatic carbocycles. The quantitative estimate of drug-likeness (QED) is 0.701. The predicted molar refractivity (Wildman–Crippen MR) is 89.0 cm³/mol. The molecule has 0 unspecified atom stereocenters. The lowest BCUT2D eigenvalue weighted by molar-refractivity contribution is 0.306. The average molecular weight is 283 g/mol. The summed E-state index contributed by atoms with van der Waals surface area (Å²) >= 11 is 0. The molecule has 2 heteroatoms. The summed E-state index contributed by atoms with van der Waals surface area (Å²) in [6.45, 7) is 5.05. The zero-order valence-electron chi connectivity index (χ0n) is 12.8. The first-order chi connectivity index (χ1) is 10.4. The molecule has 0 amide bonds. The monoisotopic (exact) mass is 283 g/mol. The molecule has 0 spiro atoms. The normalized spacial score (nSPS) is 10.5. The summed E-state index contributed by atoms with van der Waals surface area (Å²) in [5, 5.41) is 3.32. The highest BCUT2D eigenvalue weighted by Crippen LogP contribution is 2.15. The standard InChI is InChI=1S/C19H25NO/c1-2-20-14-6-7-15-21-19-12-10-18(11-13-19)16-17-8-4-3-5-9-17/h3-5,8-13,20H,2,6-7,14-16H2,1H3. The summed E-state index contributed by atoms with van der Waals surface area (Å²) < 4.78 is 5.76. The lowest BCUT2D eigenvalue weighted by atomic mass is 10.1. The first-order valence-electron chi connectivity index (χ1n) is 7.85. The van der Waals surface area contributed by atoms with E-state index in [9.17, 15) is 0 Å². The van der Waals surface area contributed by atoms with Crippen molar-refractivity contribution in [2.75, 3.05) is 19.7 Å². The molecule has 1 N–H and O–H groups in total. The van der Waals surface area contributed by atoms with Gasteiger partial charge >= 0.3 is 0 Å². The number of benzene rings is 2. The van der Waals surface area contributed by atoms with E-state index in [1.54, 1.807) is 0 Å². The van der Waals surface area contributed by atoms with Crippen LogP contribution in [-0.4, -0.2) is 19.7 Å². The van der Waals surface area contributed by atoms with Crippen molar-refractivity contribution in [1.29, 1.82) is 0 Å². The number of ether oxygens (including phenoxy) is 1. The molecule has 2 aromatic carbocycles. The van der Waals surface area contributed by atoms with Gasteiger partial charge in [-0.3, -0.25) is 0 Å². The third-order valence-electron chi connectivity index (χ3n) is 3.44. The minimum Gasteiger partial charge on any atom is -0.494 e. The molecule has 2 nitrogen and oxygen atoms in total. The fourth-order valence-electron chi connectivity index (χ4n) is 2.25. The Hall–Kier alpha value is -1.80. The van der Waals surface area contributed by atoms with E-state index in [1.165, 1.54) is 17.5 Å². The molecule has 0 aliphatic heterocycles. The third kappa shape index (κ3) is 6.01. The molecule has 21 heavy (non-hydrogen) atoms. The van der Waals surface area contributed by atoms with Gasteiger partial charge in [-0.25, -0.2) is 0 Å². The molecule has 0 saturated carbocycles. The number of hydrogen-bond donors (Lipinski definition) is 1. The van der Waals surface area contributed by atoms with Crippen molar-refractivity contribution in [3.63, 3.8) is 0 Å². The summed E-state index contributed by atoms with van der Waals surface area (Å²) in [5.41, 5.74) is 2.66. The molecule has 0 aliphatic rings. The van der Waals surface area contributed by atoms with Gasteiger partial charge in [0.15, 0.2) is 0 Å². The summed E-state index contributed by atoms with van der Waals surface area (Å²) in [6.07, 6.45) is 3.24. The molecule has 0 heterocycles. The van der Waals surface area contributed by atoms with Crippen molar-refractivity contribution in [2.45, 2.75) is 26.2 Å². The highest BCUT2D eigenvalue weighted by Gasteiger charge is 1.98. The van der Waals surface area contributed by atoms with E-state index in [-0.39, 0.29) is 0 Å². The maximum absolute atomic E-state index is 5.76. The Morgan fingerprint density at radius 2 is 1.57 bits per heavy atom. The Kier molecular flexibility index (Phi) is 6.82. The number of rotatable bonds is 9. The SMILES string of the molecule is CCNCCCCOc1ccc(Cc2ccccc2)cc1. The topological polar surface area (TPSA) is 21.3 Å². The molecule has 0 atom stereocenters. The molecular formula is C19H25NO. The van der Waals surface area contributed by atoms with Crippen LogP contribution in [0.4, 0.5) is 0 Å². The van der Waals surface area contributed by atoms with E-state index in [0.29, 0.717) is 0 Å². The van der Waals surface area contributed by atoms with E-state index in [2.05, 4.69) is 66.8 Å². The maximum atomic E-state index is 5.76. The Balaban J connectivity index is 1.72. The molecule has 0 saturated heterocycles. The minimum absolute atomic E-state index is 0.795. The molecule has 0 radical (unpaired) electrons. The van der Waals surface area contributed by atoms with Gasteiger partial charge in [0, 0.05) is 0 Å². The van der Waals surface area contributed by atoms with Crippen LogP contribution in [0.15, 0.2) is 54.6 Å². The zero-order chi connectivity index (χ0) is 14.8. The first kappa shape index (κ1) is 15.6. The third-order valence-corrected chi connectivity index (χ3v) is 3.44. The molecule has 2 aromatic rings. The number of hydrogen-bond acceptors (Lipinski definition) is 2. The van der Waals surface area contributed by atoms with Crippen LogP contribution in [0, 0.1) is 0 Å². The Morgan fingerprint density at radius 1 is 0.857 bits per heavy atom. The van der Waals surface area contributed by atoms with Crippen molar-refractivity contribution in [3.8, 4) is 5.75 Å². The molecule has 0 fully saturated rings. The van der Waals surface area contributed by atoms with E-state index in [1.807, 2.05) is 0 Å². The molecule has 0 bridgehead atoms. The van der Waals surface area contributed by atoms with Gasteiger partial charge in [0.25, 0.3) is 0 Å². The average Bonchev–Trinajstić information content (AvgIpc) is 2.53. The minimum atomic E-state index is 0.795. The zero-order valence-corrected chi connectivity index (χ0v) is 12.8. The highest BCUT2D eigenvalue weighted by atomic mass is 16.5. The van der Waals surface area contributed by atoms with Crippen molar-refractivity contribution in [2.24, 2.45) is 0 Å². The molecular weight excluding hydrogens is 258 g/mol. The number of unbranched alkanes of at least 4 members (excludes halogenated alkanes) is 1. The van der Waals surface area contributed by atoms with E-state index in [4.69, 9.17) is 4.74 Å². The fourth-order valence-corrected chi connectivity index (χ4v) is 2.25. The Bertz CT molecular complexity index is 493. The molecule has 2 rings (SSSR count). The Labute approximate surface area is 128 Å². The van der Waals surface area contributed by atoms with Crippen LogP contribution >= 0.6 is 0 Å². The van der Waals surface area contributed by atoms with E-state index in [0.717, 1.165) is 38.3 Å². The van der Waals surface area contributed by atoms with Gasteiger partial charge in [0.2, 0.25) is 0 Å². The van der Waals surface area contributed by atoms with Crippen molar-refractivity contribution in [3.05, 3.63) is 65.7 Å². The molecule has 0 aromatic heterocycles. The van der Waals surface area contributed by atoms with E-state index < -0.39 is 0 Å². The van der Waals surface area contributed by atoms with Crippen LogP contribution in [0.3, 0.4) is 0 Å². The second-order valence-electron chi connectivity index (χ2n) is 5.22. The van der Waals surface area contributed by atoms with Crippen LogP contribution in [0.5, 0.6) is 5.75 Å². The smallest absolute Gasteiger partial charge is 0.119 e. The van der Waals surface area contributed by atoms with Crippen LogP contribution in [0.2, 0.25) is 0 Å². The van der Waals surface area contributed by atoms with E-state index >= 15 is 0 Å². The fraction of sp³-hybridized carbons (Fsp3) is 0.368.